The van der Waals surface area contributed by atoms with Crippen LogP contribution in [0.4, 0.5) is 0 Å². The molecule has 39 heavy (non-hydrogen) atoms. The number of allylic oxidation sites excluding steroid dienone is 2. The van der Waals surface area contributed by atoms with Gasteiger partial charge in [0.1, 0.15) is 5.75 Å². The first-order valence-electron chi connectivity index (χ1n) is 14.3. The largest absolute Gasteiger partial charge is 0.441 e. The van der Waals surface area contributed by atoms with Crippen molar-refractivity contribution in [2.24, 2.45) is 5.73 Å². The number of ether oxygens (including phenoxy) is 1. The Hall–Kier alpha value is -3.10. The lowest BCUT2D eigenvalue weighted by Crippen LogP contribution is -2.56. The van der Waals surface area contributed by atoms with Crippen LogP contribution in [0.25, 0.3) is 0 Å². The molecular formula is C31H45N5O3. The minimum atomic E-state index is -0.185. The fraction of sp³-hybridized carbons (Fsp3) is 0.548. The van der Waals surface area contributed by atoms with E-state index in [0.717, 1.165) is 32.2 Å². The Kier molecular flexibility index (Phi) is 9.51. The van der Waals surface area contributed by atoms with Crippen LogP contribution in [0.5, 0.6) is 5.75 Å². The summed E-state index contributed by atoms with van der Waals surface area (Å²) in [4.78, 5) is 34.8. The number of amides is 2. The van der Waals surface area contributed by atoms with E-state index in [0.29, 0.717) is 44.0 Å². The van der Waals surface area contributed by atoms with Crippen LogP contribution in [0.3, 0.4) is 0 Å². The van der Waals surface area contributed by atoms with E-state index >= 15 is 0 Å². The van der Waals surface area contributed by atoms with Gasteiger partial charge in [-0.3, -0.25) is 19.4 Å². The summed E-state index contributed by atoms with van der Waals surface area (Å²) in [5.74, 6) is 0.637. The van der Waals surface area contributed by atoms with Gasteiger partial charge < -0.3 is 20.3 Å². The van der Waals surface area contributed by atoms with E-state index < -0.39 is 0 Å². The lowest BCUT2D eigenvalue weighted by molar-refractivity contribution is -0.135. The normalized spacial score (nSPS) is 20.5. The number of hydrogen-bond donors (Lipinski definition) is 1. The van der Waals surface area contributed by atoms with Crippen LogP contribution >= 0.6 is 0 Å². The summed E-state index contributed by atoms with van der Waals surface area (Å²) in [5.41, 5.74) is 7.81. The second-order valence-electron chi connectivity index (χ2n) is 11.8. The quantitative estimate of drug-likeness (QED) is 0.313. The Balaban J connectivity index is 1.30. The number of carbonyl (C=O) groups is 2. The Morgan fingerprint density at radius 3 is 2.13 bits per heavy atom. The van der Waals surface area contributed by atoms with Gasteiger partial charge in [0.15, 0.2) is 0 Å². The van der Waals surface area contributed by atoms with Crippen molar-refractivity contribution in [1.29, 1.82) is 0 Å². The molecule has 0 unspecified atom stereocenters. The van der Waals surface area contributed by atoms with Crippen molar-refractivity contribution in [2.75, 3.05) is 58.9 Å². The fourth-order valence-electron chi connectivity index (χ4n) is 5.29. The van der Waals surface area contributed by atoms with Gasteiger partial charge in [0.05, 0.1) is 12.1 Å². The van der Waals surface area contributed by atoms with Crippen LogP contribution in [0.1, 0.15) is 45.6 Å². The maximum Gasteiger partial charge on any atom is 0.259 e. The minimum Gasteiger partial charge on any atom is -0.441 e. The van der Waals surface area contributed by atoms with Gasteiger partial charge in [0.25, 0.3) is 5.91 Å². The molecule has 2 amide bonds. The van der Waals surface area contributed by atoms with Gasteiger partial charge in [-0.15, -0.1) is 0 Å². The Bertz CT molecular complexity index is 1070. The van der Waals surface area contributed by atoms with E-state index in [1.54, 1.807) is 23.1 Å². The van der Waals surface area contributed by atoms with E-state index in [9.17, 15) is 9.59 Å². The molecule has 0 radical (unpaired) electrons. The molecule has 0 atom stereocenters. The van der Waals surface area contributed by atoms with E-state index in [4.69, 9.17) is 10.5 Å². The zero-order valence-corrected chi connectivity index (χ0v) is 23.9. The summed E-state index contributed by atoms with van der Waals surface area (Å²) in [5, 5.41) is 0. The Morgan fingerprint density at radius 2 is 1.59 bits per heavy atom. The third-order valence-electron chi connectivity index (χ3n) is 8.12. The van der Waals surface area contributed by atoms with Crippen molar-refractivity contribution >= 4 is 11.8 Å². The number of piperazine rings is 2. The lowest BCUT2D eigenvalue weighted by atomic mass is 9.87. The van der Waals surface area contributed by atoms with Crippen molar-refractivity contribution in [3.8, 4) is 5.75 Å². The molecule has 4 rings (SSSR count). The first-order chi connectivity index (χ1) is 18.7. The van der Waals surface area contributed by atoms with Gasteiger partial charge in [-0.25, -0.2) is 0 Å². The molecule has 212 valence electrons. The number of benzene rings is 1. The predicted octanol–water partition coefficient (Wildman–Crippen LogP) is 3.12. The van der Waals surface area contributed by atoms with Crippen LogP contribution in [-0.2, 0) is 15.0 Å². The molecule has 1 aliphatic carbocycles. The number of carbonyl (C=O) groups excluding carboxylic acids is 2. The maximum absolute atomic E-state index is 13.4. The van der Waals surface area contributed by atoms with E-state index in [2.05, 4.69) is 37.1 Å². The zero-order chi connectivity index (χ0) is 28.0. The number of nitrogens with two attached hydrogens (primary N) is 1. The van der Waals surface area contributed by atoms with E-state index in [-0.39, 0.29) is 23.1 Å². The van der Waals surface area contributed by atoms with Crippen molar-refractivity contribution in [2.45, 2.75) is 51.5 Å². The molecule has 1 aromatic carbocycles. The highest BCUT2D eigenvalue weighted by Crippen LogP contribution is 2.26. The summed E-state index contributed by atoms with van der Waals surface area (Å²) in [6.45, 7) is 16.5. The van der Waals surface area contributed by atoms with Crippen LogP contribution < -0.4 is 10.5 Å². The molecule has 2 aliphatic heterocycles. The monoisotopic (exact) mass is 535 g/mol. The average Bonchev–Trinajstić information content (AvgIpc) is 2.88. The second-order valence-corrected chi connectivity index (χ2v) is 11.8. The standard InChI is InChI=1S/C31H45N5O3/c1-5-6-10-27(29(32)39-26-13-11-24(12-14-26)31(2,3)4)30(38)36-17-15-33(16-18-36)23-28(37)35-21-19-34(20-22-35)25-8-7-9-25/h5-6,10-14,25H,1,7-9,15-23,32H2,2-4H3/b10-6-,29-27-. The first kappa shape index (κ1) is 28.9. The molecule has 1 aromatic rings. The van der Waals surface area contributed by atoms with Gasteiger partial charge in [0.2, 0.25) is 11.8 Å². The first-order valence-corrected chi connectivity index (χ1v) is 14.3. The second kappa shape index (κ2) is 12.8. The molecular weight excluding hydrogens is 490 g/mol. The summed E-state index contributed by atoms with van der Waals surface area (Å²) < 4.78 is 5.89. The maximum atomic E-state index is 13.4. The Morgan fingerprint density at radius 1 is 0.974 bits per heavy atom. The van der Waals surface area contributed by atoms with Crippen LogP contribution in [0.2, 0.25) is 0 Å². The highest BCUT2D eigenvalue weighted by atomic mass is 16.5. The molecule has 2 N–H and O–H groups in total. The smallest absolute Gasteiger partial charge is 0.259 e. The van der Waals surface area contributed by atoms with E-state index in [1.807, 2.05) is 29.2 Å². The summed E-state index contributed by atoms with van der Waals surface area (Å²) in [6.07, 6.45) is 8.89. The molecule has 0 aromatic heterocycles. The molecule has 8 heteroatoms. The highest BCUT2D eigenvalue weighted by Gasteiger charge is 2.31. The van der Waals surface area contributed by atoms with Gasteiger partial charge in [-0.05, 0) is 42.0 Å². The number of nitrogens with zero attached hydrogens (tertiary/aromatic N) is 4. The van der Waals surface area contributed by atoms with Crippen molar-refractivity contribution in [3.05, 3.63) is 66.1 Å². The van der Waals surface area contributed by atoms with E-state index in [1.165, 1.54) is 24.8 Å². The van der Waals surface area contributed by atoms with Crippen LogP contribution in [0, 0.1) is 0 Å². The molecule has 0 bridgehead atoms. The minimum absolute atomic E-state index is 0.0327. The van der Waals surface area contributed by atoms with Crippen molar-refractivity contribution < 1.29 is 14.3 Å². The molecule has 2 saturated heterocycles. The van der Waals surface area contributed by atoms with Gasteiger partial charge >= 0.3 is 0 Å². The number of hydrogen-bond acceptors (Lipinski definition) is 6. The third-order valence-corrected chi connectivity index (χ3v) is 8.12. The molecule has 8 nitrogen and oxygen atoms in total. The summed E-state index contributed by atoms with van der Waals surface area (Å²) in [7, 11) is 0. The van der Waals surface area contributed by atoms with Crippen LogP contribution in [-0.4, -0.2) is 96.4 Å². The molecule has 0 spiro atoms. The molecule has 3 fully saturated rings. The molecule has 2 heterocycles. The van der Waals surface area contributed by atoms with Crippen molar-refractivity contribution in [3.63, 3.8) is 0 Å². The number of rotatable bonds is 8. The van der Waals surface area contributed by atoms with Crippen LogP contribution in [0.15, 0.2) is 60.5 Å². The topological polar surface area (TPSA) is 82.4 Å². The predicted molar refractivity (Wildman–Crippen MR) is 155 cm³/mol. The lowest BCUT2D eigenvalue weighted by Gasteiger charge is -2.43. The summed E-state index contributed by atoms with van der Waals surface area (Å²) >= 11 is 0. The molecule has 3 aliphatic rings. The fourth-order valence-corrected chi connectivity index (χ4v) is 5.29. The van der Waals surface area contributed by atoms with Gasteiger partial charge in [-0.2, -0.15) is 0 Å². The van der Waals surface area contributed by atoms with Gasteiger partial charge in [-0.1, -0.05) is 58.1 Å². The third kappa shape index (κ3) is 7.51. The Labute approximate surface area is 233 Å². The molecule has 1 saturated carbocycles. The summed E-state index contributed by atoms with van der Waals surface area (Å²) in [6, 6.07) is 8.50. The zero-order valence-electron chi connectivity index (χ0n) is 23.9. The average molecular weight is 536 g/mol. The SMILES string of the molecule is C=C/C=C\C(C(=O)N1CCN(CC(=O)N2CCN(C3CCC3)CC2)CC1)=C(/N)Oc1ccc(C(C)(C)C)cc1. The highest BCUT2D eigenvalue weighted by molar-refractivity contribution is 5.96. The van der Waals surface area contributed by atoms with Crippen molar-refractivity contribution in [1.82, 2.24) is 19.6 Å². The van der Waals surface area contributed by atoms with Gasteiger partial charge in [0, 0.05) is 58.4 Å².